The molecule has 0 aliphatic carbocycles. The van der Waals surface area contributed by atoms with Crippen molar-refractivity contribution >= 4 is 35.6 Å². The lowest BCUT2D eigenvalue weighted by molar-refractivity contribution is -0.144. The van der Waals surface area contributed by atoms with Crippen LogP contribution in [-0.2, 0) is 35.2 Å². The van der Waals surface area contributed by atoms with Gasteiger partial charge in [0.2, 0.25) is 17.7 Å². The number of rotatable bonds is 14. The molecule has 0 radical (unpaired) electrons. The van der Waals surface area contributed by atoms with Gasteiger partial charge in [0.25, 0.3) is 0 Å². The molecule has 13 heteroatoms. The van der Waals surface area contributed by atoms with E-state index >= 15 is 0 Å². The second-order valence-corrected chi connectivity index (χ2v) is 7.52. The van der Waals surface area contributed by atoms with Gasteiger partial charge in [-0.25, -0.2) is 4.79 Å². The van der Waals surface area contributed by atoms with Gasteiger partial charge < -0.3 is 37.0 Å². The van der Waals surface area contributed by atoms with Crippen LogP contribution in [0.1, 0.15) is 31.7 Å². The molecule has 4 atom stereocenters. The second-order valence-electron chi connectivity index (χ2n) is 7.52. The molecular weight excluding hydrogens is 452 g/mol. The van der Waals surface area contributed by atoms with Crippen LogP contribution >= 0.6 is 0 Å². The van der Waals surface area contributed by atoms with E-state index in [9.17, 15) is 28.8 Å². The van der Waals surface area contributed by atoms with Crippen LogP contribution in [0.3, 0.4) is 0 Å². The summed E-state index contributed by atoms with van der Waals surface area (Å²) in [6, 6.07) is 3.34. The van der Waals surface area contributed by atoms with E-state index in [0.29, 0.717) is 0 Å². The van der Waals surface area contributed by atoms with Gasteiger partial charge in [-0.1, -0.05) is 30.3 Å². The maximum atomic E-state index is 12.5. The fraction of sp³-hybridized carbons (Fsp3) is 0.429. The third-order valence-electron chi connectivity index (χ3n) is 4.66. The number of amides is 3. The molecule has 0 aromatic heterocycles. The lowest BCUT2D eigenvalue weighted by Crippen LogP contribution is -2.57. The summed E-state index contributed by atoms with van der Waals surface area (Å²) in [5.41, 5.74) is 6.61. The minimum Gasteiger partial charge on any atom is -0.481 e. The van der Waals surface area contributed by atoms with Crippen molar-refractivity contribution in [3.05, 3.63) is 35.9 Å². The van der Waals surface area contributed by atoms with Crippen molar-refractivity contribution in [1.29, 1.82) is 0 Å². The lowest BCUT2D eigenvalue weighted by Gasteiger charge is -2.22. The average Bonchev–Trinajstić information content (AvgIpc) is 2.75. The van der Waals surface area contributed by atoms with E-state index < -0.39 is 72.6 Å². The zero-order valence-electron chi connectivity index (χ0n) is 18.4. The van der Waals surface area contributed by atoms with Crippen LogP contribution in [-0.4, -0.2) is 75.1 Å². The number of carbonyl (C=O) groups excluding carboxylic acids is 3. The lowest BCUT2D eigenvalue weighted by atomic mass is 10.1. The van der Waals surface area contributed by atoms with Crippen molar-refractivity contribution in [1.82, 2.24) is 16.0 Å². The third-order valence-corrected chi connectivity index (χ3v) is 4.66. The number of benzene rings is 1. The van der Waals surface area contributed by atoms with Crippen molar-refractivity contribution < 1.29 is 44.1 Å². The Kier molecular flexibility index (Phi) is 11.2. The highest BCUT2D eigenvalue weighted by Gasteiger charge is 2.29. The predicted octanol–water partition coefficient (Wildman–Crippen LogP) is -1.55. The summed E-state index contributed by atoms with van der Waals surface area (Å²) in [5.74, 6) is -6.82. The highest BCUT2D eigenvalue weighted by molar-refractivity contribution is 5.95. The number of carboxylic acid groups (broad SMARTS) is 3. The highest BCUT2D eigenvalue weighted by atomic mass is 16.4. The molecule has 0 aliphatic heterocycles. The van der Waals surface area contributed by atoms with Gasteiger partial charge in [0.1, 0.15) is 18.1 Å². The van der Waals surface area contributed by atoms with Crippen LogP contribution in [0.25, 0.3) is 0 Å². The van der Waals surface area contributed by atoms with E-state index in [4.69, 9.17) is 21.1 Å². The Morgan fingerprint density at radius 1 is 0.824 bits per heavy atom. The summed E-state index contributed by atoms with van der Waals surface area (Å²) < 4.78 is 0. The number of carboxylic acids is 3. The fourth-order valence-corrected chi connectivity index (χ4v) is 2.82. The highest BCUT2D eigenvalue weighted by Crippen LogP contribution is 2.04. The van der Waals surface area contributed by atoms with Crippen molar-refractivity contribution in [2.45, 2.75) is 56.8 Å². The van der Waals surface area contributed by atoms with Gasteiger partial charge in [-0.15, -0.1) is 0 Å². The number of carbonyl (C=O) groups is 6. The Morgan fingerprint density at radius 2 is 1.41 bits per heavy atom. The first kappa shape index (κ1) is 28.0. The average molecular weight is 480 g/mol. The van der Waals surface area contributed by atoms with Crippen LogP contribution in [0.2, 0.25) is 0 Å². The molecular formula is C21H28N4O9. The number of hydrogen-bond acceptors (Lipinski definition) is 7. The summed E-state index contributed by atoms with van der Waals surface area (Å²) >= 11 is 0. The molecule has 0 spiro atoms. The van der Waals surface area contributed by atoms with E-state index in [0.717, 1.165) is 5.56 Å². The van der Waals surface area contributed by atoms with Gasteiger partial charge in [-0.2, -0.15) is 0 Å². The molecule has 8 N–H and O–H groups in total. The minimum atomic E-state index is -1.55. The van der Waals surface area contributed by atoms with E-state index in [1.165, 1.54) is 6.92 Å². The smallest absolute Gasteiger partial charge is 0.326 e. The molecule has 1 aromatic carbocycles. The SMILES string of the molecule is C[C@H](NC(=O)[C@H](CC(=O)O)NC(=O)[C@@H](N)Cc1ccccc1)C(=O)N[C@@H](CCC(=O)O)C(=O)O. The Bertz CT molecular complexity index is 907. The van der Waals surface area contributed by atoms with E-state index in [2.05, 4.69) is 16.0 Å². The maximum absolute atomic E-state index is 12.5. The summed E-state index contributed by atoms with van der Waals surface area (Å²) in [5, 5.41) is 33.5. The van der Waals surface area contributed by atoms with Crippen LogP contribution < -0.4 is 21.7 Å². The standard InChI is InChI=1S/C21H28N4O9/c1-11(18(30)24-14(21(33)34)7-8-16(26)27)23-20(32)15(10-17(28)29)25-19(31)13(22)9-12-5-3-2-4-6-12/h2-6,11,13-15H,7-10,22H2,1H3,(H,23,32)(H,24,30)(H,25,31)(H,26,27)(H,28,29)(H,33,34)/t11-,13-,14-,15-/m0/s1. The zero-order chi connectivity index (χ0) is 25.8. The zero-order valence-corrected chi connectivity index (χ0v) is 18.4. The monoisotopic (exact) mass is 480 g/mol. The fourth-order valence-electron chi connectivity index (χ4n) is 2.82. The summed E-state index contributed by atoms with van der Waals surface area (Å²) in [6.45, 7) is 1.21. The van der Waals surface area contributed by atoms with E-state index in [1.807, 2.05) is 0 Å². The molecule has 0 saturated carbocycles. The van der Waals surface area contributed by atoms with E-state index in [-0.39, 0.29) is 12.8 Å². The molecule has 34 heavy (non-hydrogen) atoms. The molecule has 186 valence electrons. The maximum Gasteiger partial charge on any atom is 0.326 e. The van der Waals surface area contributed by atoms with Gasteiger partial charge in [0.05, 0.1) is 12.5 Å². The van der Waals surface area contributed by atoms with Crippen LogP contribution in [0, 0.1) is 0 Å². The molecule has 0 bridgehead atoms. The van der Waals surface area contributed by atoms with Crippen LogP contribution in [0.15, 0.2) is 30.3 Å². The summed E-state index contributed by atoms with van der Waals surface area (Å²) in [7, 11) is 0. The topological polar surface area (TPSA) is 225 Å². The van der Waals surface area contributed by atoms with Crippen molar-refractivity contribution in [3.63, 3.8) is 0 Å². The first-order valence-electron chi connectivity index (χ1n) is 10.3. The van der Waals surface area contributed by atoms with Crippen molar-refractivity contribution in [2.24, 2.45) is 5.73 Å². The van der Waals surface area contributed by atoms with Gasteiger partial charge in [0, 0.05) is 6.42 Å². The molecule has 3 amide bonds. The minimum absolute atomic E-state index is 0.139. The first-order valence-corrected chi connectivity index (χ1v) is 10.3. The molecule has 0 fully saturated rings. The molecule has 0 saturated heterocycles. The van der Waals surface area contributed by atoms with Gasteiger partial charge in [-0.3, -0.25) is 24.0 Å². The van der Waals surface area contributed by atoms with Gasteiger partial charge in [0.15, 0.2) is 0 Å². The Hall–Kier alpha value is -4.00. The first-order chi connectivity index (χ1) is 15.9. The Labute approximate surface area is 194 Å². The van der Waals surface area contributed by atoms with Crippen LogP contribution in [0.4, 0.5) is 0 Å². The van der Waals surface area contributed by atoms with Gasteiger partial charge in [-0.05, 0) is 25.3 Å². The van der Waals surface area contributed by atoms with Crippen molar-refractivity contribution in [3.8, 4) is 0 Å². The van der Waals surface area contributed by atoms with Crippen LogP contribution in [0.5, 0.6) is 0 Å². The van der Waals surface area contributed by atoms with Crippen molar-refractivity contribution in [2.75, 3.05) is 0 Å². The molecule has 0 aliphatic rings. The summed E-state index contributed by atoms with van der Waals surface area (Å²) in [4.78, 5) is 70.2. The third kappa shape index (κ3) is 10.1. The molecule has 1 rings (SSSR count). The molecule has 1 aromatic rings. The number of nitrogens with two attached hydrogens (primary N) is 1. The van der Waals surface area contributed by atoms with E-state index in [1.54, 1.807) is 30.3 Å². The van der Waals surface area contributed by atoms with Gasteiger partial charge >= 0.3 is 17.9 Å². The normalized spacial score (nSPS) is 14.1. The number of hydrogen-bond donors (Lipinski definition) is 7. The largest absolute Gasteiger partial charge is 0.481 e. The Morgan fingerprint density at radius 3 is 1.94 bits per heavy atom. The number of nitrogens with one attached hydrogen (secondary N) is 3. The molecule has 0 unspecified atom stereocenters. The predicted molar refractivity (Wildman–Crippen MR) is 116 cm³/mol. The number of aliphatic carboxylic acids is 3. The second kappa shape index (κ2) is 13.5. The quantitative estimate of drug-likeness (QED) is 0.162. The molecule has 13 nitrogen and oxygen atoms in total. The Balaban J connectivity index is 2.76. The summed E-state index contributed by atoms with van der Waals surface area (Å²) in [6.07, 6.45) is -1.54. The molecule has 0 heterocycles.